The Bertz CT molecular complexity index is 508. The van der Waals surface area contributed by atoms with Crippen LogP contribution in [0.1, 0.15) is 23.3 Å². The second kappa shape index (κ2) is 5.23. The maximum Gasteiger partial charge on any atom is 0.127 e. The fourth-order valence-corrected chi connectivity index (χ4v) is 2.75. The molecular formula is C14H15NOS. The number of aromatic nitrogens is 1. The molecule has 0 fully saturated rings. The van der Waals surface area contributed by atoms with Gasteiger partial charge < -0.3 is 0 Å². The second-order valence-electron chi connectivity index (χ2n) is 4.02. The molecule has 2 rings (SSSR count). The SMILES string of the molecule is Cc1ccc(C(C)S(=O)c2ccccn2)cc1. The number of aryl methyl sites for hydroxylation is 1. The van der Waals surface area contributed by atoms with Gasteiger partial charge in [-0.25, -0.2) is 4.98 Å². The van der Waals surface area contributed by atoms with Crippen molar-refractivity contribution < 1.29 is 4.21 Å². The van der Waals surface area contributed by atoms with Gasteiger partial charge in [0.1, 0.15) is 5.03 Å². The summed E-state index contributed by atoms with van der Waals surface area (Å²) in [4.78, 5) is 4.14. The lowest BCUT2D eigenvalue weighted by molar-refractivity contribution is 0.673. The molecule has 0 amide bonds. The van der Waals surface area contributed by atoms with E-state index in [0.29, 0.717) is 5.03 Å². The van der Waals surface area contributed by atoms with Crippen molar-refractivity contribution in [3.05, 3.63) is 59.8 Å². The summed E-state index contributed by atoms with van der Waals surface area (Å²) in [6.45, 7) is 4.01. The van der Waals surface area contributed by atoms with Gasteiger partial charge in [-0.2, -0.15) is 0 Å². The van der Waals surface area contributed by atoms with E-state index in [2.05, 4.69) is 4.98 Å². The Kier molecular flexibility index (Phi) is 3.69. The Morgan fingerprint density at radius 1 is 1.12 bits per heavy atom. The molecule has 0 N–H and O–H groups in total. The van der Waals surface area contributed by atoms with Crippen LogP contribution in [0, 0.1) is 6.92 Å². The van der Waals surface area contributed by atoms with Gasteiger partial charge in [-0.15, -0.1) is 0 Å². The molecule has 1 aromatic carbocycles. The summed E-state index contributed by atoms with van der Waals surface area (Å²) in [6.07, 6.45) is 1.68. The molecule has 0 saturated carbocycles. The molecule has 0 saturated heterocycles. The minimum absolute atomic E-state index is 0.0366. The number of hydrogen-bond acceptors (Lipinski definition) is 2. The van der Waals surface area contributed by atoms with Gasteiger partial charge in [-0.3, -0.25) is 4.21 Å². The van der Waals surface area contributed by atoms with Crippen LogP contribution in [0.25, 0.3) is 0 Å². The molecule has 0 bridgehead atoms. The lowest BCUT2D eigenvalue weighted by Gasteiger charge is -2.11. The molecule has 0 aliphatic heterocycles. The van der Waals surface area contributed by atoms with E-state index in [4.69, 9.17) is 0 Å². The molecule has 1 aromatic heterocycles. The Morgan fingerprint density at radius 2 is 1.82 bits per heavy atom. The summed E-state index contributed by atoms with van der Waals surface area (Å²) in [5.41, 5.74) is 2.30. The molecule has 88 valence electrons. The van der Waals surface area contributed by atoms with Crippen LogP contribution >= 0.6 is 0 Å². The lowest BCUT2D eigenvalue weighted by atomic mass is 10.1. The van der Waals surface area contributed by atoms with Crippen LogP contribution in [-0.2, 0) is 10.8 Å². The fourth-order valence-electron chi connectivity index (χ4n) is 1.61. The van der Waals surface area contributed by atoms with Crippen molar-refractivity contribution in [2.24, 2.45) is 0 Å². The van der Waals surface area contributed by atoms with Crippen LogP contribution in [0.15, 0.2) is 53.7 Å². The van der Waals surface area contributed by atoms with Crippen molar-refractivity contribution in [3.8, 4) is 0 Å². The monoisotopic (exact) mass is 245 g/mol. The van der Waals surface area contributed by atoms with Gasteiger partial charge in [0, 0.05) is 6.20 Å². The largest absolute Gasteiger partial charge is 0.252 e. The van der Waals surface area contributed by atoms with Gasteiger partial charge in [0.15, 0.2) is 0 Å². The second-order valence-corrected chi connectivity index (χ2v) is 5.74. The standard InChI is InChI=1S/C14H15NOS/c1-11-6-8-13(9-7-11)12(2)17(16)14-5-3-4-10-15-14/h3-10,12H,1-2H3. The molecule has 2 unspecified atom stereocenters. The van der Waals surface area contributed by atoms with Crippen molar-refractivity contribution in [1.29, 1.82) is 0 Å². The first-order chi connectivity index (χ1) is 8.18. The number of nitrogens with zero attached hydrogens (tertiary/aromatic N) is 1. The van der Waals surface area contributed by atoms with Gasteiger partial charge >= 0.3 is 0 Å². The van der Waals surface area contributed by atoms with Crippen molar-refractivity contribution >= 4 is 10.8 Å². The van der Waals surface area contributed by atoms with Crippen LogP contribution in [0.5, 0.6) is 0 Å². The predicted molar refractivity (Wildman–Crippen MR) is 70.2 cm³/mol. The highest BCUT2D eigenvalue weighted by Gasteiger charge is 2.15. The maximum absolute atomic E-state index is 12.3. The predicted octanol–water partition coefficient (Wildman–Crippen LogP) is 3.26. The zero-order valence-electron chi connectivity index (χ0n) is 9.96. The van der Waals surface area contributed by atoms with Gasteiger partial charge in [0.2, 0.25) is 0 Å². The topological polar surface area (TPSA) is 30.0 Å². The number of pyridine rings is 1. The van der Waals surface area contributed by atoms with E-state index in [1.54, 1.807) is 12.3 Å². The first-order valence-corrected chi connectivity index (χ1v) is 6.78. The van der Waals surface area contributed by atoms with E-state index in [1.807, 2.05) is 50.2 Å². The maximum atomic E-state index is 12.3. The highest BCUT2D eigenvalue weighted by molar-refractivity contribution is 7.85. The Labute approximate surface area is 104 Å². The summed E-state index contributed by atoms with van der Waals surface area (Å²) < 4.78 is 12.3. The van der Waals surface area contributed by atoms with Crippen molar-refractivity contribution in [3.63, 3.8) is 0 Å². The van der Waals surface area contributed by atoms with Crippen molar-refractivity contribution in [2.45, 2.75) is 24.1 Å². The third-order valence-corrected chi connectivity index (χ3v) is 4.28. The molecule has 1 heterocycles. The summed E-state index contributed by atoms with van der Waals surface area (Å²) in [5, 5.41) is 0.603. The van der Waals surface area contributed by atoms with Gasteiger partial charge in [0.05, 0.1) is 16.0 Å². The molecule has 0 aliphatic carbocycles. The van der Waals surface area contributed by atoms with Crippen molar-refractivity contribution in [1.82, 2.24) is 4.98 Å². The molecule has 17 heavy (non-hydrogen) atoms. The number of hydrogen-bond donors (Lipinski definition) is 0. The quantitative estimate of drug-likeness (QED) is 0.830. The fraction of sp³-hybridized carbons (Fsp3) is 0.214. The minimum atomic E-state index is -1.10. The molecule has 3 heteroatoms. The van der Waals surface area contributed by atoms with Crippen LogP contribution < -0.4 is 0 Å². The number of benzene rings is 1. The van der Waals surface area contributed by atoms with Crippen LogP contribution in [0.3, 0.4) is 0 Å². The van der Waals surface area contributed by atoms with Crippen LogP contribution in [-0.4, -0.2) is 9.19 Å². The number of rotatable bonds is 3. The van der Waals surface area contributed by atoms with Gasteiger partial charge in [-0.05, 0) is 31.5 Å². The summed E-state index contributed by atoms with van der Waals surface area (Å²) in [7, 11) is -1.10. The highest BCUT2D eigenvalue weighted by atomic mass is 32.2. The summed E-state index contributed by atoms with van der Waals surface area (Å²) in [5.74, 6) is 0. The normalized spacial score (nSPS) is 14.2. The molecule has 2 aromatic rings. The summed E-state index contributed by atoms with van der Waals surface area (Å²) in [6, 6.07) is 13.6. The highest BCUT2D eigenvalue weighted by Crippen LogP contribution is 2.23. The molecular weight excluding hydrogens is 230 g/mol. The molecule has 2 nitrogen and oxygen atoms in total. The van der Waals surface area contributed by atoms with Crippen LogP contribution in [0.4, 0.5) is 0 Å². The van der Waals surface area contributed by atoms with Crippen LogP contribution in [0.2, 0.25) is 0 Å². The first-order valence-electron chi connectivity index (χ1n) is 5.56. The smallest absolute Gasteiger partial charge is 0.127 e. The van der Waals surface area contributed by atoms with E-state index < -0.39 is 10.8 Å². The third kappa shape index (κ3) is 2.80. The lowest BCUT2D eigenvalue weighted by Crippen LogP contribution is -2.04. The zero-order chi connectivity index (χ0) is 12.3. The average molecular weight is 245 g/mol. The molecule has 0 aliphatic rings. The molecule has 0 radical (unpaired) electrons. The van der Waals surface area contributed by atoms with Crippen molar-refractivity contribution in [2.75, 3.05) is 0 Å². The van der Waals surface area contributed by atoms with Gasteiger partial charge in [-0.1, -0.05) is 35.9 Å². The van der Waals surface area contributed by atoms with Gasteiger partial charge in [0.25, 0.3) is 0 Å². The van der Waals surface area contributed by atoms with E-state index in [1.165, 1.54) is 5.56 Å². The first kappa shape index (κ1) is 12.0. The Balaban J connectivity index is 2.23. The van der Waals surface area contributed by atoms with E-state index >= 15 is 0 Å². The third-order valence-electron chi connectivity index (χ3n) is 2.71. The Hall–Kier alpha value is -1.48. The Morgan fingerprint density at radius 3 is 2.41 bits per heavy atom. The van der Waals surface area contributed by atoms with E-state index in [0.717, 1.165) is 5.56 Å². The van der Waals surface area contributed by atoms with E-state index in [-0.39, 0.29) is 5.25 Å². The van der Waals surface area contributed by atoms with E-state index in [9.17, 15) is 4.21 Å². The summed E-state index contributed by atoms with van der Waals surface area (Å²) >= 11 is 0. The molecule has 2 atom stereocenters. The minimum Gasteiger partial charge on any atom is -0.252 e. The average Bonchev–Trinajstić information content (AvgIpc) is 2.39. The zero-order valence-corrected chi connectivity index (χ0v) is 10.8. The molecule has 0 spiro atoms.